The Morgan fingerprint density at radius 3 is 2.94 bits per heavy atom. The second kappa shape index (κ2) is 4.67. The third kappa shape index (κ3) is 1.94. The Balaban J connectivity index is 2.25. The molecule has 0 aromatic carbocycles. The van der Waals surface area contributed by atoms with E-state index in [1.54, 1.807) is 0 Å². The fourth-order valence-electron chi connectivity index (χ4n) is 3.34. The molecule has 2 rings (SSSR count). The van der Waals surface area contributed by atoms with Crippen LogP contribution < -0.4 is 5.32 Å². The summed E-state index contributed by atoms with van der Waals surface area (Å²) in [5.74, 6) is 1.10. The molecule has 1 aliphatic carbocycles. The summed E-state index contributed by atoms with van der Waals surface area (Å²) < 4.78 is 0. The number of amides is 2. The molecule has 0 radical (unpaired) electrons. The van der Waals surface area contributed by atoms with Gasteiger partial charge in [0.25, 0.3) is 0 Å². The SMILES string of the molecule is CCCN1C(=O)NC(=N)C12CCCC(CC)C2. The molecule has 1 heterocycles. The van der Waals surface area contributed by atoms with Crippen LogP contribution in [-0.4, -0.2) is 28.9 Å². The van der Waals surface area contributed by atoms with Crippen LogP contribution in [0.4, 0.5) is 4.79 Å². The first kappa shape index (κ1) is 12.4. The molecule has 1 saturated carbocycles. The minimum Gasteiger partial charge on any atom is -0.312 e. The molecule has 0 aromatic heterocycles. The lowest BCUT2D eigenvalue weighted by molar-refractivity contribution is 0.121. The number of carbonyl (C=O) groups excluding carboxylic acids is 1. The van der Waals surface area contributed by atoms with Gasteiger partial charge in [-0.2, -0.15) is 0 Å². The zero-order chi connectivity index (χ0) is 12.5. The van der Waals surface area contributed by atoms with Crippen molar-refractivity contribution >= 4 is 11.9 Å². The monoisotopic (exact) mass is 237 g/mol. The lowest BCUT2D eigenvalue weighted by Crippen LogP contribution is -2.52. The molecule has 96 valence electrons. The van der Waals surface area contributed by atoms with Crippen molar-refractivity contribution in [1.82, 2.24) is 10.2 Å². The summed E-state index contributed by atoms with van der Waals surface area (Å²) in [5, 5.41) is 10.8. The number of carbonyl (C=O) groups is 1. The standard InChI is InChI=1S/C13H23N3O/c1-3-8-16-12(17)15-11(14)13(16)7-5-6-10(4-2)9-13/h10H,3-9H2,1-2H3,(H2,14,15,17). The van der Waals surface area contributed by atoms with Crippen LogP contribution in [0.25, 0.3) is 0 Å². The van der Waals surface area contributed by atoms with Crippen molar-refractivity contribution in [3.63, 3.8) is 0 Å². The van der Waals surface area contributed by atoms with E-state index in [0.29, 0.717) is 11.8 Å². The lowest BCUT2D eigenvalue weighted by atomic mass is 9.73. The second-order valence-electron chi connectivity index (χ2n) is 5.36. The number of urea groups is 1. The van der Waals surface area contributed by atoms with Gasteiger partial charge in [-0.3, -0.25) is 10.7 Å². The molecule has 1 aliphatic heterocycles. The third-order valence-electron chi connectivity index (χ3n) is 4.31. The minimum atomic E-state index is -0.300. The first-order valence-corrected chi connectivity index (χ1v) is 6.81. The predicted octanol–water partition coefficient (Wildman–Crippen LogP) is 2.74. The normalized spacial score (nSPS) is 33.3. The lowest BCUT2D eigenvalue weighted by Gasteiger charge is -2.42. The van der Waals surface area contributed by atoms with Crippen molar-refractivity contribution in [2.24, 2.45) is 5.92 Å². The summed E-state index contributed by atoms with van der Waals surface area (Å²) in [6, 6.07) is -0.0615. The third-order valence-corrected chi connectivity index (χ3v) is 4.31. The largest absolute Gasteiger partial charge is 0.323 e. The van der Waals surface area contributed by atoms with Gasteiger partial charge < -0.3 is 4.90 Å². The topological polar surface area (TPSA) is 56.2 Å². The molecular formula is C13H23N3O. The maximum Gasteiger partial charge on any atom is 0.323 e. The molecule has 2 unspecified atom stereocenters. The van der Waals surface area contributed by atoms with Crippen molar-refractivity contribution in [2.75, 3.05) is 6.54 Å². The van der Waals surface area contributed by atoms with E-state index in [2.05, 4.69) is 19.2 Å². The Bertz CT molecular complexity index is 329. The van der Waals surface area contributed by atoms with Gasteiger partial charge in [0.2, 0.25) is 0 Å². The minimum absolute atomic E-state index is 0.0615. The summed E-state index contributed by atoms with van der Waals surface area (Å²) in [6.45, 7) is 5.06. The van der Waals surface area contributed by atoms with E-state index in [1.165, 1.54) is 6.42 Å². The van der Waals surface area contributed by atoms with E-state index in [-0.39, 0.29) is 11.6 Å². The van der Waals surface area contributed by atoms with Crippen LogP contribution in [0.3, 0.4) is 0 Å². The Labute approximate surface area is 103 Å². The molecule has 2 aliphatic rings. The molecule has 2 atom stereocenters. The number of hydrogen-bond acceptors (Lipinski definition) is 2. The van der Waals surface area contributed by atoms with Crippen molar-refractivity contribution in [2.45, 2.75) is 57.9 Å². The number of nitrogens with one attached hydrogen (secondary N) is 2. The Morgan fingerprint density at radius 2 is 2.29 bits per heavy atom. The molecule has 4 nitrogen and oxygen atoms in total. The van der Waals surface area contributed by atoms with Crippen LogP contribution >= 0.6 is 0 Å². The van der Waals surface area contributed by atoms with Crippen LogP contribution in [0.5, 0.6) is 0 Å². The van der Waals surface area contributed by atoms with E-state index in [1.807, 2.05) is 4.90 Å². The van der Waals surface area contributed by atoms with Gasteiger partial charge in [-0.05, 0) is 25.2 Å². The van der Waals surface area contributed by atoms with Crippen molar-refractivity contribution < 1.29 is 4.79 Å². The van der Waals surface area contributed by atoms with Gasteiger partial charge in [0.05, 0.1) is 0 Å². The highest BCUT2D eigenvalue weighted by atomic mass is 16.2. The Hall–Kier alpha value is -1.06. The number of rotatable bonds is 3. The van der Waals surface area contributed by atoms with Crippen molar-refractivity contribution in [3.05, 3.63) is 0 Å². The average molecular weight is 237 g/mol. The molecular weight excluding hydrogens is 214 g/mol. The number of nitrogens with zero attached hydrogens (tertiary/aromatic N) is 1. The molecule has 4 heteroatoms. The molecule has 1 spiro atoms. The highest BCUT2D eigenvalue weighted by Gasteiger charge is 2.51. The first-order chi connectivity index (χ1) is 8.14. The van der Waals surface area contributed by atoms with Crippen LogP contribution in [0, 0.1) is 11.3 Å². The Morgan fingerprint density at radius 1 is 1.53 bits per heavy atom. The molecule has 0 bridgehead atoms. The fourth-order valence-corrected chi connectivity index (χ4v) is 3.34. The van der Waals surface area contributed by atoms with E-state index < -0.39 is 0 Å². The predicted molar refractivity (Wildman–Crippen MR) is 68.2 cm³/mol. The van der Waals surface area contributed by atoms with Crippen LogP contribution in [0.1, 0.15) is 52.4 Å². The summed E-state index contributed by atoms with van der Waals surface area (Å²) in [7, 11) is 0. The van der Waals surface area contributed by atoms with E-state index in [0.717, 1.165) is 38.6 Å². The average Bonchev–Trinajstić information content (AvgIpc) is 2.54. The van der Waals surface area contributed by atoms with Crippen molar-refractivity contribution in [3.8, 4) is 0 Å². The van der Waals surface area contributed by atoms with Gasteiger partial charge >= 0.3 is 6.03 Å². The van der Waals surface area contributed by atoms with Crippen LogP contribution in [0.15, 0.2) is 0 Å². The molecule has 1 saturated heterocycles. The molecule has 2 fully saturated rings. The highest BCUT2D eigenvalue weighted by molar-refractivity contribution is 6.08. The number of hydrogen-bond donors (Lipinski definition) is 2. The summed E-state index contributed by atoms with van der Waals surface area (Å²) in [6.07, 6.45) is 6.43. The van der Waals surface area contributed by atoms with E-state index >= 15 is 0 Å². The zero-order valence-electron chi connectivity index (χ0n) is 10.9. The second-order valence-corrected chi connectivity index (χ2v) is 5.36. The highest BCUT2D eigenvalue weighted by Crippen LogP contribution is 2.41. The molecule has 17 heavy (non-hydrogen) atoms. The molecule has 2 N–H and O–H groups in total. The molecule has 2 amide bonds. The van der Waals surface area contributed by atoms with Crippen LogP contribution in [0.2, 0.25) is 0 Å². The summed E-state index contributed by atoms with van der Waals surface area (Å²) >= 11 is 0. The summed E-state index contributed by atoms with van der Waals surface area (Å²) in [4.78, 5) is 13.8. The van der Waals surface area contributed by atoms with E-state index in [4.69, 9.17) is 5.41 Å². The van der Waals surface area contributed by atoms with Crippen LogP contribution in [-0.2, 0) is 0 Å². The quantitative estimate of drug-likeness (QED) is 0.779. The van der Waals surface area contributed by atoms with Gasteiger partial charge in [0.15, 0.2) is 0 Å². The smallest absolute Gasteiger partial charge is 0.312 e. The van der Waals surface area contributed by atoms with Gasteiger partial charge in [-0.15, -0.1) is 0 Å². The zero-order valence-corrected chi connectivity index (χ0v) is 10.9. The van der Waals surface area contributed by atoms with E-state index in [9.17, 15) is 4.79 Å². The van der Waals surface area contributed by atoms with Gasteiger partial charge in [-0.25, -0.2) is 4.79 Å². The maximum atomic E-state index is 11.9. The summed E-state index contributed by atoms with van der Waals surface area (Å²) in [5.41, 5.74) is -0.300. The van der Waals surface area contributed by atoms with Gasteiger partial charge in [-0.1, -0.05) is 33.1 Å². The maximum absolute atomic E-state index is 11.9. The Kier molecular flexibility index (Phi) is 3.40. The number of amidine groups is 1. The fraction of sp³-hybridized carbons (Fsp3) is 0.846. The first-order valence-electron chi connectivity index (χ1n) is 6.81. The van der Waals surface area contributed by atoms with Gasteiger partial charge in [0, 0.05) is 6.54 Å². The molecule has 0 aromatic rings. The van der Waals surface area contributed by atoms with Crippen molar-refractivity contribution in [1.29, 1.82) is 5.41 Å². The van der Waals surface area contributed by atoms with Gasteiger partial charge in [0.1, 0.15) is 11.4 Å².